The molecular weight excluding hydrogens is 200 g/mol. The molecule has 0 aliphatic carbocycles. The Bertz CT molecular complexity index is 316. The molecule has 16 heavy (non-hydrogen) atoms. The van der Waals surface area contributed by atoms with Gasteiger partial charge in [-0.25, -0.2) is 0 Å². The Kier molecular flexibility index (Phi) is 4.97. The van der Waals surface area contributed by atoms with Gasteiger partial charge in [0, 0.05) is 5.41 Å². The Labute approximate surface area is 97.9 Å². The molecule has 0 spiro atoms. The molecule has 0 fully saturated rings. The fraction of sp³-hybridized carbons (Fsp3) is 0.571. The van der Waals surface area contributed by atoms with Crippen molar-refractivity contribution in [2.24, 2.45) is 5.41 Å². The normalized spacial score (nSPS) is 11.8. The molecule has 0 unspecified atom stereocenters. The molecule has 1 aromatic rings. The summed E-state index contributed by atoms with van der Waals surface area (Å²) in [5.41, 5.74) is 2.05. The zero-order chi connectivity index (χ0) is 12.0. The number of rotatable bonds is 6. The van der Waals surface area contributed by atoms with E-state index < -0.39 is 0 Å². The van der Waals surface area contributed by atoms with Crippen LogP contribution in [0.4, 0.5) is 0 Å². The van der Waals surface area contributed by atoms with Gasteiger partial charge in [0.15, 0.2) is 0 Å². The second kappa shape index (κ2) is 6.02. The molecule has 2 nitrogen and oxygen atoms in total. The highest BCUT2D eigenvalue weighted by atomic mass is 16.3. The zero-order valence-electron chi connectivity index (χ0n) is 10.2. The Hall–Kier alpha value is -0.860. The van der Waals surface area contributed by atoms with Crippen LogP contribution in [0.1, 0.15) is 30.9 Å². The lowest BCUT2D eigenvalue weighted by Gasteiger charge is -2.29. The van der Waals surface area contributed by atoms with Crippen molar-refractivity contribution < 1.29 is 10.2 Å². The van der Waals surface area contributed by atoms with Gasteiger partial charge < -0.3 is 10.2 Å². The fourth-order valence-corrected chi connectivity index (χ4v) is 2.19. The second-order valence-electron chi connectivity index (χ2n) is 4.73. The van der Waals surface area contributed by atoms with Gasteiger partial charge in [0.2, 0.25) is 0 Å². The van der Waals surface area contributed by atoms with Crippen LogP contribution >= 0.6 is 0 Å². The molecule has 0 aliphatic heterocycles. The Morgan fingerprint density at radius 3 is 2.38 bits per heavy atom. The number of aliphatic hydroxyl groups is 2. The first-order valence-electron chi connectivity index (χ1n) is 5.93. The molecule has 0 heterocycles. The molecule has 1 rings (SSSR count). The van der Waals surface area contributed by atoms with Crippen LogP contribution in [0.25, 0.3) is 0 Å². The number of benzene rings is 1. The maximum atomic E-state index is 9.48. The van der Waals surface area contributed by atoms with E-state index in [-0.39, 0.29) is 18.6 Å². The lowest BCUT2D eigenvalue weighted by Crippen LogP contribution is -2.32. The summed E-state index contributed by atoms with van der Waals surface area (Å²) >= 11 is 0. The van der Waals surface area contributed by atoms with E-state index in [0.717, 1.165) is 19.3 Å². The van der Waals surface area contributed by atoms with E-state index in [1.165, 1.54) is 11.1 Å². The standard InChI is InChI=1S/C14H22O2/c1-3-7-14(10-15,11-16)9-13-6-4-5-12(2)8-13/h4-6,8,15-16H,3,7,9-11H2,1-2H3. The van der Waals surface area contributed by atoms with Crippen LogP contribution in [-0.2, 0) is 6.42 Å². The minimum Gasteiger partial charge on any atom is -0.396 e. The molecule has 0 aliphatic rings. The average Bonchev–Trinajstić information content (AvgIpc) is 2.28. The third-order valence-electron chi connectivity index (χ3n) is 3.11. The van der Waals surface area contributed by atoms with Gasteiger partial charge >= 0.3 is 0 Å². The zero-order valence-corrected chi connectivity index (χ0v) is 10.2. The predicted molar refractivity (Wildman–Crippen MR) is 66.4 cm³/mol. The van der Waals surface area contributed by atoms with Crippen molar-refractivity contribution >= 4 is 0 Å². The van der Waals surface area contributed by atoms with Gasteiger partial charge in [-0.3, -0.25) is 0 Å². The maximum Gasteiger partial charge on any atom is 0.0512 e. The predicted octanol–water partition coefficient (Wildman–Crippen LogP) is 2.31. The van der Waals surface area contributed by atoms with E-state index in [1.807, 2.05) is 6.07 Å². The Morgan fingerprint density at radius 1 is 1.19 bits per heavy atom. The summed E-state index contributed by atoms with van der Waals surface area (Å²) in [5, 5.41) is 19.0. The van der Waals surface area contributed by atoms with Gasteiger partial charge in [0.25, 0.3) is 0 Å². The second-order valence-corrected chi connectivity index (χ2v) is 4.73. The summed E-state index contributed by atoms with van der Waals surface area (Å²) in [4.78, 5) is 0. The first kappa shape index (κ1) is 13.2. The molecule has 0 bridgehead atoms. The van der Waals surface area contributed by atoms with Crippen LogP contribution in [0.5, 0.6) is 0 Å². The topological polar surface area (TPSA) is 40.5 Å². The van der Waals surface area contributed by atoms with Crippen LogP contribution in [0.2, 0.25) is 0 Å². The van der Waals surface area contributed by atoms with Crippen LogP contribution in [0.15, 0.2) is 24.3 Å². The number of hydrogen-bond donors (Lipinski definition) is 2. The first-order chi connectivity index (χ1) is 7.65. The van der Waals surface area contributed by atoms with Crippen LogP contribution in [-0.4, -0.2) is 23.4 Å². The molecular formula is C14H22O2. The number of hydrogen-bond acceptors (Lipinski definition) is 2. The third-order valence-corrected chi connectivity index (χ3v) is 3.11. The number of aliphatic hydroxyl groups excluding tert-OH is 2. The van der Waals surface area contributed by atoms with E-state index >= 15 is 0 Å². The van der Waals surface area contributed by atoms with E-state index in [1.54, 1.807) is 0 Å². The van der Waals surface area contributed by atoms with Crippen molar-refractivity contribution in [1.82, 2.24) is 0 Å². The van der Waals surface area contributed by atoms with Gasteiger partial charge in [-0.1, -0.05) is 43.2 Å². The van der Waals surface area contributed by atoms with Crippen LogP contribution in [0, 0.1) is 12.3 Å². The van der Waals surface area contributed by atoms with Crippen LogP contribution < -0.4 is 0 Å². The summed E-state index contributed by atoms with van der Waals surface area (Å²) in [5.74, 6) is 0. The van der Waals surface area contributed by atoms with E-state index in [4.69, 9.17) is 0 Å². The van der Waals surface area contributed by atoms with Gasteiger partial charge in [0.1, 0.15) is 0 Å². The van der Waals surface area contributed by atoms with Gasteiger partial charge in [0.05, 0.1) is 13.2 Å². The van der Waals surface area contributed by atoms with Crippen LogP contribution in [0.3, 0.4) is 0 Å². The Balaban J connectivity index is 2.82. The minimum absolute atomic E-state index is 0.0469. The van der Waals surface area contributed by atoms with Crippen molar-refractivity contribution in [2.45, 2.75) is 33.1 Å². The molecule has 0 amide bonds. The van der Waals surface area contributed by atoms with Crippen molar-refractivity contribution in [3.63, 3.8) is 0 Å². The van der Waals surface area contributed by atoms with Crippen molar-refractivity contribution in [3.8, 4) is 0 Å². The number of aryl methyl sites for hydroxylation is 1. The quantitative estimate of drug-likeness (QED) is 0.775. The third kappa shape index (κ3) is 3.32. The van der Waals surface area contributed by atoms with Crippen molar-refractivity contribution in [2.75, 3.05) is 13.2 Å². The Morgan fingerprint density at radius 2 is 1.88 bits per heavy atom. The molecule has 0 aromatic heterocycles. The summed E-state index contributed by atoms with van der Waals surface area (Å²) in [7, 11) is 0. The van der Waals surface area contributed by atoms with Gasteiger partial charge in [-0.05, 0) is 25.3 Å². The monoisotopic (exact) mass is 222 g/mol. The molecule has 1 aromatic carbocycles. The highest BCUT2D eigenvalue weighted by Crippen LogP contribution is 2.28. The summed E-state index contributed by atoms with van der Waals surface area (Å²) in [6, 6.07) is 8.26. The maximum absolute atomic E-state index is 9.48. The van der Waals surface area contributed by atoms with Crippen molar-refractivity contribution in [1.29, 1.82) is 0 Å². The minimum atomic E-state index is -0.359. The molecule has 0 radical (unpaired) electrons. The highest BCUT2D eigenvalue weighted by molar-refractivity contribution is 5.23. The van der Waals surface area contributed by atoms with Gasteiger partial charge in [-0.15, -0.1) is 0 Å². The van der Waals surface area contributed by atoms with E-state index in [0.29, 0.717) is 0 Å². The smallest absolute Gasteiger partial charge is 0.0512 e. The first-order valence-corrected chi connectivity index (χ1v) is 5.93. The molecule has 0 atom stereocenters. The van der Waals surface area contributed by atoms with E-state index in [2.05, 4.69) is 32.0 Å². The highest BCUT2D eigenvalue weighted by Gasteiger charge is 2.27. The SMILES string of the molecule is CCCC(CO)(CO)Cc1cccc(C)c1. The average molecular weight is 222 g/mol. The lowest BCUT2D eigenvalue weighted by atomic mass is 9.79. The molecule has 0 saturated carbocycles. The molecule has 2 heteroatoms. The fourth-order valence-electron chi connectivity index (χ4n) is 2.19. The molecule has 90 valence electrons. The summed E-state index contributed by atoms with van der Waals surface area (Å²) in [6.07, 6.45) is 2.58. The largest absolute Gasteiger partial charge is 0.396 e. The van der Waals surface area contributed by atoms with Crippen molar-refractivity contribution in [3.05, 3.63) is 35.4 Å². The molecule has 0 saturated heterocycles. The lowest BCUT2D eigenvalue weighted by molar-refractivity contribution is 0.0466. The summed E-state index contributed by atoms with van der Waals surface area (Å²) < 4.78 is 0. The van der Waals surface area contributed by atoms with E-state index in [9.17, 15) is 10.2 Å². The summed E-state index contributed by atoms with van der Waals surface area (Å²) in [6.45, 7) is 4.23. The molecule has 2 N–H and O–H groups in total. The van der Waals surface area contributed by atoms with Gasteiger partial charge in [-0.2, -0.15) is 0 Å².